The van der Waals surface area contributed by atoms with E-state index in [-0.39, 0.29) is 0 Å². The van der Waals surface area contributed by atoms with Gasteiger partial charge in [-0.2, -0.15) is 4.89 Å². The van der Waals surface area contributed by atoms with Crippen LogP contribution in [0.2, 0.25) is 0 Å². The van der Waals surface area contributed by atoms with Crippen LogP contribution >= 0.6 is 8.03 Å². The maximum absolute atomic E-state index is 10.5. The number of rotatable bonds is 6. The van der Waals surface area contributed by atoms with Gasteiger partial charge in [-0.25, -0.2) is 0 Å². The zero-order valence-electron chi connectivity index (χ0n) is 8.28. The van der Waals surface area contributed by atoms with E-state index < -0.39 is 13.9 Å². The van der Waals surface area contributed by atoms with E-state index in [4.69, 9.17) is 9.63 Å². The Balaban J connectivity index is 3.41. The normalized spacial score (nSPS) is 15.7. The van der Waals surface area contributed by atoms with Crippen molar-refractivity contribution in [3.8, 4) is 0 Å². The number of hydrogen-bond acceptors (Lipinski definition) is 3. The summed E-state index contributed by atoms with van der Waals surface area (Å²) >= 11 is 0. The minimum absolute atomic E-state index is 0.300. The molecule has 0 rings (SSSR count). The molecule has 76 valence electrons. The van der Waals surface area contributed by atoms with E-state index in [1.54, 1.807) is 6.92 Å². The first kappa shape index (κ1) is 12.7. The van der Waals surface area contributed by atoms with Crippen LogP contribution in [0.1, 0.15) is 20.8 Å². The van der Waals surface area contributed by atoms with Crippen molar-refractivity contribution in [3.63, 3.8) is 0 Å². The molecule has 0 radical (unpaired) electrons. The molecule has 13 heavy (non-hydrogen) atoms. The van der Waals surface area contributed by atoms with Gasteiger partial charge >= 0.3 is 8.03 Å². The molecule has 0 saturated carbocycles. The minimum atomic E-state index is -2.22. The molecule has 0 spiro atoms. The van der Waals surface area contributed by atoms with Crippen molar-refractivity contribution in [2.45, 2.75) is 26.6 Å². The second kappa shape index (κ2) is 7.15. The molecule has 2 unspecified atom stereocenters. The fourth-order valence-electron chi connectivity index (χ4n) is 0.594. The van der Waals surface area contributed by atoms with Crippen molar-refractivity contribution in [2.24, 2.45) is 0 Å². The average molecular weight is 206 g/mol. The lowest BCUT2D eigenvalue weighted by atomic mass is 10.3. The smallest absolute Gasteiger partial charge is 0.317 e. The zero-order chi connectivity index (χ0) is 10.3. The third-order valence-corrected chi connectivity index (χ3v) is 2.41. The molecule has 2 N–H and O–H groups in total. The quantitative estimate of drug-likeness (QED) is 0.300. The highest BCUT2D eigenvalue weighted by atomic mass is 31.1. The molecule has 0 saturated heterocycles. The van der Waals surface area contributed by atoms with Crippen molar-refractivity contribution in [3.05, 3.63) is 11.6 Å². The third kappa shape index (κ3) is 6.84. The molecule has 0 aliphatic rings. The van der Waals surface area contributed by atoms with Gasteiger partial charge in [-0.15, -0.1) is 0 Å². The van der Waals surface area contributed by atoms with Gasteiger partial charge in [-0.3, -0.25) is 5.32 Å². The molecule has 0 aliphatic heterocycles. The highest BCUT2D eigenvalue weighted by molar-refractivity contribution is 7.38. The van der Waals surface area contributed by atoms with Crippen LogP contribution < -0.4 is 5.32 Å². The van der Waals surface area contributed by atoms with Crippen LogP contribution in [-0.2, 0) is 9.30 Å². The molecule has 0 aliphatic carbocycles. The van der Waals surface area contributed by atoms with Crippen LogP contribution in [0.25, 0.3) is 0 Å². The standard InChI is InChI=1S/C8H16NO3P/c1-4-7(2)5-9-6-12-8(3)13(10)11/h4,8-9H,5-6H2,1-3H3/p+1/b7-4+. The summed E-state index contributed by atoms with van der Waals surface area (Å²) in [5.41, 5.74) is 1.21. The van der Waals surface area contributed by atoms with E-state index in [2.05, 4.69) is 5.32 Å². The summed E-state index contributed by atoms with van der Waals surface area (Å²) in [6.07, 6.45) is 2.00. The summed E-state index contributed by atoms with van der Waals surface area (Å²) in [5.74, 6) is -0.603. The Morgan fingerprint density at radius 2 is 2.38 bits per heavy atom. The van der Waals surface area contributed by atoms with E-state index >= 15 is 0 Å². The summed E-state index contributed by atoms with van der Waals surface area (Å²) in [6, 6.07) is 0. The average Bonchev–Trinajstić information content (AvgIpc) is 2.11. The molecule has 0 fully saturated rings. The van der Waals surface area contributed by atoms with Crippen LogP contribution in [0.5, 0.6) is 0 Å². The topological polar surface area (TPSA) is 58.6 Å². The highest BCUT2D eigenvalue weighted by Gasteiger charge is 2.23. The molecule has 4 nitrogen and oxygen atoms in total. The van der Waals surface area contributed by atoms with Crippen molar-refractivity contribution in [1.82, 2.24) is 5.32 Å². The number of ether oxygens (including phenoxy) is 1. The first-order valence-corrected chi connectivity index (χ1v) is 5.45. The summed E-state index contributed by atoms with van der Waals surface area (Å²) in [6.45, 7) is 6.58. The van der Waals surface area contributed by atoms with Crippen molar-refractivity contribution in [1.29, 1.82) is 0 Å². The van der Waals surface area contributed by atoms with Crippen molar-refractivity contribution in [2.75, 3.05) is 13.3 Å². The molecular formula is C8H17NO3P+. The van der Waals surface area contributed by atoms with Gasteiger partial charge < -0.3 is 4.74 Å². The van der Waals surface area contributed by atoms with Gasteiger partial charge in [0.2, 0.25) is 0 Å². The molecule has 0 aromatic rings. The number of hydrogen-bond donors (Lipinski definition) is 2. The third-order valence-electron chi connectivity index (χ3n) is 1.63. The van der Waals surface area contributed by atoms with Crippen LogP contribution in [0, 0.1) is 0 Å². The molecule has 0 aromatic carbocycles. The lowest BCUT2D eigenvalue weighted by molar-refractivity contribution is 0.0975. The van der Waals surface area contributed by atoms with Crippen molar-refractivity contribution >= 4 is 8.03 Å². The van der Waals surface area contributed by atoms with Crippen LogP contribution in [-0.4, -0.2) is 24.0 Å². The van der Waals surface area contributed by atoms with Gasteiger partial charge in [0.05, 0.1) is 0 Å². The van der Waals surface area contributed by atoms with Gasteiger partial charge in [-0.05, 0) is 18.4 Å². The molecule has 0 heterocycles. The number of allylic oxidation sites excluding steroid dienone is 1. The molecule has 0 aromatic heterocycles. The van der Waals surface area contributed by atoms with Gasteiger partial charge in [0, 0.05) is 13.5 Å². The van der Waals surface area contributed by atoms with E-state index in [0.29, 0.717) is 6.73 Å². The van der Waals surface area contributed by atoms with E-state index in [1.165, 1.54) is 5.57 Å². The summed E-state index contributed by atoms with van der Waals surface area (Å²) in [4.78, 5) is 8.62. The zero-order valence-corrected chi connectivity index (χ0v) is 9.17. The van der Waals surface area contributed by atoms with Gasteiger partial charge in [0.1, 0.15) is 6.73 Å². The van der Waals surface area contributed by atoms with Crippen LogP contribution in [0.4, 0.5) is 0 Å². The Kier molecular flexibility index (Phi) is 7.00. The molecule has 0 amide bonds. The second-order valence-electron chi connectivity index (χ2n) is 2.77. The van der Waals surface area contributed by atoms with Gasteiger partial charge in [-0.1, -0.05) is 11.6 Å². The second-order valence-corrected chi connectivity index (χ2v) is 4.11. The fourth-order valence-corrected chi connectivity index (χ4v) is 0.796. The summed E-state index contributed by atoms with van der Waals surface area (Å²) in [5, 5.41) is 2.99. The lowest BCUT2D eigenvalue weighted by Crippen LogP contribution is -2.22. The lowest BCUT2D eigenvalue weighted by Gasteiger charge is -2.04. The molecular weight excluding hydrogens is 189 g/mol. The van der Waals surface area contributed by atoms with E-state index in [1.807, 2.05) is 19.9 Å². The molecule has 2 atom stereocenters. The summed E-state index contributed by atoms with van der Waals surface area (Å²) in [7, 11) is -2.22. The first-order valence-electron chi connectivity index (χ1n) is 4.17. The van der Waals surface area contributed by atoms with Crippen LogP contribution in [0.15, 0.2) is 11.6 Å². The molecule has 5 heteroatoms. The van der Waals surface area contributed by atoms with Gasteiger partial charge in [0.25, 0.3) is 5.85 Å². The predicted molar refractivity (Wildman–Crippen MR) is 52.7 cm³/mol. The Bertz CT molecular complexity index is 194. The molecule has 0 bridgehead atoms. The Hall–Kier alpha value is -0.280. The van der Waals surface area contributed by atoms with E-state index in [9.17, 15) is 4.57 Å². The monoisotopic (exact) mass is 206 g/mol. The maximum Gasteiger partial charge on any atom is 0.537 e. The SMILES string of the molecule is C/C=C(\C)CNCOC(C)[P+](=O)O. The largest absolute Gasteiger partial charge is 0.537 e. The van der Waals surface area contributed by atoms with Crippen molar-refractivity contribution < 1.29 is 14.2 Å². The van der Waals surface area contributed by atoms with E-state index in [0.717, 1.165) is 6.54 Å². The Morgan fingerprint density at radius 3 is 2.85 bits per heavy atom. The van der Waals surface area contributed by atoms with Crippen LogP contribution in [0.3, 0.4) is 0 Å². The summed E-state index contributed by atoms with van der Waals surface area (Å²) < 4.78 is 15.5. The fraction of sp³-hybridized carbons (Fsp3) is 0.750. The minimum Gasteiger partial charge on any atom is -0.317 e. The predicted octanol–water partition coefficient (Wildman–Crippen LogP) is 1.60. The Morgan fingerprint density at radius 1 is 1.77 bits per heavy atom. The first-order chi connectivity index (χ1) is 6.07. The highest BCUT2D eigenvalue weighted by Crippen LogP contribution is 2.21. The van der Waals surface area contributed by atoms with Gasteiger partial charge in [0.15, 0.2) is 0 Å². The number of nitrogens with one attached hydrogen (secondary N) is 1. The Labute approximate surface area is 79.9 Å². The maximum atomic E-state index is 10.5.